The number of hydrogen-bond donors (Lipinski definition) is 1. The van der Waals surface area contributed by atoms with E-state index in [0.717, 1.165) is 5.69 Å². The molecule has 0 spiro atoms. The fraction of sp³-hybridized carbons (Fsp3) is 0.467. The number of carboxylic acids is 1. The Morgan fingerprint density at radius 1 is 1.27 bits per heavy atom. The van der Waals surface area contributed by atoms with Crippen molar-refractivity contribution in [2.75, 3.05) is 0 Å². The minimum Gasteiger partial charge on any atom is -0.550 e. The minimum absolute atomic E-state index is 0.394. The van der Waals surface area contributed by atoms with Crippen molar-refractivity contribution in [3.63, 3.8) is 0 Å². The Morgan fingerprint density at radius 3 is 2.45 bits per heavy atom. The topological polar surface area (TPSA) is 108 Å². The van der Waals surface area contributed by atoms with Crippen molar-refractivity contribution < 1.29 is 24.3 Å². The molecule has 1 amide bonds. The number of aliphatic carboxylic acids is 1. The molecule has 0 bridgehead atoms. The van der Waals surface area contributed by atoms with E-state index in [1.165, 1.54) is 0 Å². The van der Waals surface area contributed by atoms with Crippen LogP contribution in [0, 0.1) is 5.41 Å². The Morgan fingerprint density at radius 2 is 1.95 bits per heavy atom. The van der Waals surface area contributed by atoms with Gasteiger partial charge in [-0.3, -0.25) is 9.78 Å². The number of carboxylic acid groups (broad SMARTS) is 1. The van der Waals surface area contributed by atoms with Crippen molar-refractivity contribution in [1.82, 2.24) is 10.5 Å². The summed E-state index contributed by atoms with van der Waals surface area (Å²) in [5.41, 5.74) is 2.01. The highest BCUT2D eigenvalue weighted by molar-refractivity contribution is 5.90. The molecule has 0 unspecified atom stereocenters. The van der Waals surface area contributed by atoms with Crippen LogP contribution in [0.25, 0.3) is 0 Å². The summed E-state index contributed by atoms with van der Waals surface area (Å²) in [6.07, 6.45) is 2.16. The maximum absolute atomic E-state index is 12.3. The van der Waals surface area contributed by atoms with Gasteiger partial charge >= 0.3 is 5.97 Å². The lowest BCUT2D eigenvalue weighted by atomic mass is 9.77. The molecule has 0 aliphatic rings. The lowest BCUT2D eigenvalue weighted by Crippen LogP contribution is -2.43. The Kier molecular flexibility index (Phi) is 6.49. The van der Waals surface area contributed by atoms with Crippen LogP contribution in [0.15, 0.2) is 24.4 Å². The van der Waals surface area contributed by atoms with Gasteiger partial charge in [-0.15, -0.1) is 0 Å². The third-order valence-corrected chi connectivity index (χ3v) is 3.63. The SMILES string of the molecule is CCC(CC)(Cc1ccccn1)C(=O)NOC(=O)CC(=O)[O-]. The molecule has 1 aromatic rings. The Bertz CT molecular complexity index is 526. The van der Waals surface area contributed by atoms with Gasteiger partial charge in [-0.2, -0.15) is 5.48 Å². The molecule has 0 aliphatic carbocycles. The second-order valence-electron chi connectivity index (χ2n) is 4.94. The number of rotatable bonds is 7. The summed E-state index contributed by atoms with van der Waals surface area (Å²) in [6.45, 7) is 3.71. The number of hydroxylamine groups is 1. The first-order valence-corrected chi connectivity index (χ1v) is 7.03. The summed E-state index contributed by atoms with van der Waals surface area (Å²) in [5.74, 6) is -3.12. The van der Waals surface area contributed by atoms with Crippen LogP contribution in [0.3, 0.4) is 0 Å². The van der Waals surface area contributed by atoms with E-state index in [1.54, 1.807) is 12.3 Å². The van der Waals surface area contributed by atoms with Gasteiger partial charge in [-0.05, 0) is 25.0 Å². The average Bonchev–Trinajstić information content (AvgIpc) is 2.50. The fourth-order valence-electron chi connectivity index (χ4n) is 2.12. The first kappa shape index (κ1) is 17.6. The molecule has 0 saturated heterocycles. The molecule has 7 heteroatoms. The zero-order valence-corrected chi connectivity index (χ0v) is 12.6. The normalized spacial score (nSPS) is 10.8. The van der Waals surface area contributed by atoms with E-state index in [4.69, 9.17) is 0 Å². The maximum atomic E-state index is 12.3. The monoisotopic (exact) mass is 307 g/mol. The Hall–Kier alpha value is -2.44. The van der Waals surface area contributed by atoms with Gasteiger partial charge in [0.15, 0.2) is 0 Å². The molecule has 0 radical (unpaired) electrons. The van der Waals surface area contributed by atoms with E-state index in [2.05, 4.69) is 9.82 Å². The van der Waals surface area contributed by atoms with Crippen LogP contribution >= 0.6 is 0 Å². The van der Waals surface area contributed by atoms with E-state index in [9.17, 15) is 19.5 Å². The second kappa shape index (κ2) is 8.11. The highest BCUT2D eigenvalue weighted by atomic mass is 16.7. The van der Waals surface area contributed by atoms with Gasteiger partial charge in [0.05, 0.1) is 17.8 Å². The molecule has 120 valence electrons. The highest BCUT2D eigenvalue weighted by Crippen LogP contribution is 2.30. The molecule has 0 saturated carbocycles. The van der Waals surface area contributed by atoms with Gasteiger partial charge in [0, 0.05) is 18.3 Å². The van der Waals surface area contributed by atoms with Crippen molar-refractivity contribution in [2.24, 2.45) is 5.41 Å². The standard InChI is InChI=1S/C15H20N2O5/c1-3-15(4-2,10-11-7-5-6-8-16-11)14(21)17-22-13(20)9-12(18)19/h5-8H,3-4,9-10H2,1-2H3,(H,17,21)(H,18,19)/p-1. The predicted octanol–water partition coefficient (Wildman–Crippen LogP) is 0.145. The van der Waals surface area contributed by atoms with Crippen LogP contribution in [0.1, 0.15) is 38.8 Å². The van der Waals surface area contributed by atoms with Gasteiger partial charge in [0.25, 0.3) is 5.91 Å². The second-order valence-corrected chi connectivity index (χ2v) is 4.94. The Balaban J connectivity index is 2.74. The number of nitrogens with one attached hydrogen (secondary N) is 1. The Labute approximate surface area is 128 Å². The number of pyridine rings is 1. The lowest BCUT2D eigenvalue weighted by molar-refractivity contribution is -0.305. The summed E-state index contributed by atoms with van der Waals surface area (Å²) in [6, 6.07) is 5.43. The molecule has 0 aliphatic heterocycles. The predicted molar refractivity (Wildman–Crippen MR) is 74.8 cm³/mol. The first-order chi connectivity index (χ1) is 10.4. The summed E-state index contributed by atoms with van der Waals surface area (Å²) >= 11 is 0. The van der Waals surface area contributed by atoms with Crippen LogP contribution < -0.4 is 10.6 Å². The van der Waals surface area contributed by atoms with Gasteiger partial charge < -0.3 is 14.7 Å². The molecular weight excluding hydrogens is 288 g/mol. The largest absolute Gasteiger partial charge is 0.550 e. The van der Waals surface area contributed by atoms with E-state index in [-0.39, 0.29) is 0 Å². The number of carbonyl (C=O) groups excluding carboxylic acids is 3. The summed E-state index contributed by atoms with van der Waals surface area (Å²) < 4.78 is 0. The number of aromatic nitrogens is 1. The molecule has 1 heterocycles. The van der Waals surface area contributed by atoms with Gasteiger partial charge in [-0.25, -0.2) is 4.79 Å². The average molecular weight is 307 g/mol. The third-order valence-electron chi connectivity index (χ3n) is 3.63. The summed E-state index contributed by atoms with van der Waals surface area (Å²) in [4.78, 5) is 42.4. The van der Waals surface area contributed by atoms with Gasteiger partial charge in [0.1, 0.15) is 0 Å². The van der Waals surface area contributed by atoms with E-state index in [1.807, 2.05) is 31.5 Å². The molecule has 0 fully saturated rings. The zero-order chi connectivity index (χ0) is 16.6. The third kappa shape index (κ3) is 4.83. The number of amides is 1. The van der Waals surface area contributed by atoms with Gasteiger partial charge in [0.2, 0.25) is 0 Å². The van der Waals surface area contributed by atoms with Crippen LogP contribution in [0.5, 0.6) is 0 Å². The van der Waals surface area contributed by atoms with Gasteiger partial charge in [-0.1, -0.05) is 19.9 Å². The molecule has 1 N–H and O–H groups in total. The van der Waals surface area contributed by atoms with Crippen LogP contribution in [0.2, 0.25) is 0 Å². The first-order valence-electron chi connectivity index (χ1n) is 7.03. The molecule has 1 rings (SSSR count). The van der Waals surface area contributed by atoms with Crippen molar-refractivity contribution in [3.05, 3.63) is 30.1 Å². The lowest BCUT2D eigenvalue weighted by Gasteiger charge is -2.29. The number of nitrogens with zero attached hydrogens (tertiary/aromatic N) is 1. The van der Waals surface area contributed by atoms with Crippen molar-refractivity contribution >= 4 is 17.8 Å². The van der Waals surface area contributed by atoms with E-state index >= 15 is 0 Å². The molecule has 1 aromatic heterocycles. The molecule has 0 aromatic carbocycles. The van der Waals surface area contributed by atoms with E-state index in [0.29, 0.717) is 19.3 Å². The summed E-state index contributed by atoms with van der Waals surface area (Å²) in [7, 11) is 0. The van der Waals surface area contributed by atoms with E-state index < -0.39 is 29.7 Å². The molecular formula is C15H19N2O5-. The number of carbonyl (C=O) groups is 3. The van der Waals surface area contributed by atoms with Crippen LogP contribution in [-0.2, 0) is 25.6 Å². The smallest absolute Gasteiger partial charge is 0.337 e. The van der Waals surface area contributed by atoms with Crippen LogP contribution in [-0.4, -0.2) is 22.8 Å². The fourth-order valence-corrected chi connectivity index (χ4v) is 2.12. The van der Waals surface area contributed by atoms with Crippen molar-refractivity contribution in [3.8, 4) is 0 Å². The van der Waals surface area contributed by atoms with Crippen molar-refractivity contribution in [1.29, 1.82) is 0 Å². The number of hydrogen-bond acceptors (Lipinski definition) is 6. The van der Waals surface area contributed by atoms with Crippen LogP contribution in [0.4, 0.5) is 0 Å². The van der Waals surface area contributed by atoms with Crippen molar-refractivity contribution in [2.45, 2.75) is 39.5 Å². The minimum atomic E-state index is -1.56. The highest BCUT2D eigenvalue weighted by Gasteiger charge is 2.36. The molecule has 0 atom stereocenters. The zero-order valence-electron chi connectivity index (χ0n) is 12.6. The maximum Gasteiger partial charge on any atom is 0.337 e. The molecule has 22 heavy (non-hydrogen) atoms. The molecule has 7 nitrogen and oxygen atoms in total. The summed E-state index contributed by atoms with van der Waals surface area (Å²) in [5, 5.41) is 10.3. The quantitative estimate of drug-likeness (QED) is 0.567.